The van der Waals surface area contributed by atoms with Gasteiger partial charge in [0.25, 0.3) is 0 Å². The molecule has 0 unspecified atom stereocenters. The molecule has 0 amide bonds. The van der Waals surface area contributed by atoms with E-state index in [0.717, 1.165) is 24.6 Å². The van der Waals surface area contributed by atoms with Crippen LogP contribution < -0.4 is 4.74 Å². The van der Waals surface area contributed by atoms with Gasteiger partial charge in [0.1, 0.15) is 0 Å². The zero-order valence-electron chi connectivity index (χ0n) is 10.9. The summed E-state index contributed by atoms with van der Waals surface area (Å²) in [5, 5.41) is 10.6. The van der Waals surface area contributed by atoms with Gasteiger partial charge in [-0.3, -0.25) is 0 Å². The summed E-state index contributed by atoms with van der Waals surface area (Å²) < 4.78 is 5.65. The number of nitrogens with zero attached hydrogens (tertiary/aromatic N) is 1. The first-order valence-electron chi connectivity index (χ1n) is 6.48. The summed E-state index contributed by atoms with van der Waals surface area (Å²) in [6.45, 7) is 2.74. The van der Waals surface area contributed by atoms with Gasteiger partial charge in [-0.1, -0.05) is 38.0 Å². The molecule has 2 aromatic rings. The first-order chi connectivity index (χ1) is 9.24. The fourth-order valence-electron chi connectivity index (χ4n) is 1.97. The van der Waals surface area contributed by atoms with Crippen molar-refractivity contribution in [1.29, 1.82) is 0 Å². The number of carbonyl (C=O) groups is 1. The van der Waals surface area contributed by atoms with Crippen molar-refractivity contribution >= 4 is 16.7 Å². The molecule has 4 heteroatoms. The number of hydrogen-bond donors (Lipinski definition) is 1. The third-order valence-electron chi connectivity index (χ3n) is 2.98. The van der Waals surface area contributed by atoms with Crippen LogP contribution in [0.4, 0.5) is 0 Å². The van der Waals surface area contributed by atoms with E-state index in [9.17, 15) is 4.79 Å². The molecule has 0 bridgehead atoms. The van der Waals surface area contributed by atoms with Gasteiger partial charge in [0.15, 0.2) is 0 Å². The van der Waals surface area contributed by atoms with E-state index in [-0.39, 0.29) is 5.56 Å². The van der Waals surface area contributed by atoms with E-state index < -0.39 is 5.97 Å². The van der Waals surface area contributed by atoms with Crippen molar-refractivity contribution in [1.82, 2.24) is 4.98 Å². The standard InChI is InChI=1S/C15H17NO3/c1-2-3-6-9-19-14-12-8-5-4-7-11(12)13(10-16-14)15(17)18/h4-5,7-8,10H,2-3,6,9H2,1H3,(H,17,18). The lowest BCUT2D eigenvalue weighted by molar-refractivity contribution is 0.0698. The lowest BCUT2D eigenvalue weighted by Gasteiger charge is -2.09. The number of unbranched alkanes of at least 4 members (excludes halogenated alkanes) is 2. The van der Waals surface area contributed by atoms with Crippen LogP contribution in [-0.2, 0) is 0 Å². The number of carboxylic acids is 1. The smallest absolute Gasteiger partial charge is 0.337 e. The van der Waals surface area contributed by atoms with E-state index in [1.54, 1.807) is 6.07 Å². The van der Waals surface area contributed by atoms with E-state index in [0.29, 0.717) is 17.9 Å². The third kappa shape index (κ3) is 3.02. The summed E-state index contributed by atoms with van der Waals surface area (Å²) in [5.41, 5.74) is 0.205. The molecule has 0 saturated heterocycles. The highest BCUT2D eigenvalue weighted by Crippen LogP contribution is 2.26. The molecule has 0 radical (unpaired) electrons. The van der Waals surface area contributed by atoms with Crippen molar-refractivity contribution in [3.63, 3.8) is 0 Å². The number of pyridine rings is 1. The topological polar surface area (TPSA) is 59.4 Å². The Morgan fingerprint density at radius 1 is 1.26 bits per heavy atom. The SMILES string of the molecule is CCCCCOc1ncc(C(=O)O)c2ccccc12. The highest BCUT2D eigenvalue weighted by Gasteiger charge is 2.12. The quantitative estimate of drug-likeness (QED) is 0.806. The van der Waals surface area contributed by atoms with Gasteiger partial charge in [-0.25, -0.2) is 9.78 Å². The van der Waals surface area contributed by atoms with E-state index in [4.69, 9.17) is 9.84 Å². The molecule has 0 aliphatic rings. The predicted octanol–water partition coefficient (Wildman–Crippen LogP) is 3.50. The molecule has 19 heavy (non-hydrogen) atoms. The molecule has 0 aliphatic carbocycles. The highest BCUT2D eigenvalue weighted by atomic mass is 16.5. The predicted molar refractivity (Wildman–Crippen MR) is 73.7 cm³/mol. The summed E-state index contributed by atoms with van der Waals surface area (Å²) in [7, 11) is 0. The van der Waals surface area contributed by atoms with E-state index in [2.05, 4.69) is 11.9 Å². The minimum absolute atomic E-state index is 0.205. The van der Waals surface area contributed by atoms with Crippen LogP contribution in [0, 0.1) is 0 Å². The van der Waals surface area contributed by atoms with E-state index in [1.807, 2.05) is 18.2 Å². The lowest BCUT2D eigenvalue weighted by atomic mass is 10.1. The zero-order chi connectivity index (χ0) is 13.7. The Morgan fingerprint density at radius 2 is 2.00 bits per heavy atom. The summed E-state index contributed by atoms with van der Waals surface area (Å²) in [6, 6.07) is 7.29. The van der Waals surface area contributed by atoms with Crippen molar-refractivity contribution in [3.05, 3.63) is 36.0 Å². The Morgan fingerprint density at radius 3 is 2.68 bits per heavy atom. The maximum Gasteiger partial charge on any atom is 0.337 e. The first kappa shape index (κ1) is 13.3. The van der Waals surface area contributed by atoms with Gasteiger partial charge in [0, 0.05) is 17.0 Å². The molecule has 4 nitrogen and oxygen atoms in total. The van der Waals surface area contributed by atoms with Crippen molar-refractivity contribution in [3.8, 4) is 5.88 Å². The van der Waals surface area contributed by atoms with Crippen molar-refractivity contribution in [2.24, 2.45) is 0 Å². The average Bonchev–Trinajstić information content (AvgIpc) is 2.43. The Bertz CT molecular complexity index is 581. The number of carboxylic acid groups (broad SMARTS) is 1. The maximum absolute atomic E-state index is 11.1. The minimum Gasteiger partial charge on any atom is -0.478 e. The molecule has 100 valence electrons. The van der Waals surface area contributed by atoms with Crippen LogP contribution in [0.5, 0.6) is 5.88 Å². The van der Waals surface area contributed by atoms with Gasteiger partial charge in [0.05, 0.1) is 12.2 Å². The fraction of sp³-hybridized carbons (Fsp3) is 0.333. The Balaban J connectivity index is 2.30. The van der Waals surface area contributed by atoms with Crippen molar-refractivity contribution < 1.29 is 14.6 Å². The van der Waals surface area contributed by atoms with Crippen LogP contribution in [0.1, 0.15) is 36.5 Å². The number of benzene rings is 1. The molecule has 0 fully saturated rings. The summed E-state index contributed by atoms with van der Waals surface area (Å²) in [4.78, 5) is 15.3. The summed E-state index contributed by atoms with van der Waals surface area (Å²) in [6.07, 6.45) is 4.59. The molecular weight excluding hydrogens is 242 g/mol. The normalized spacial score (nSPS) is 10.6. The number of hydrogen-bond acceptors (Lipinski definition) is 3. The zero-order valence-corrected chi connectivity index (χ0v) is 10.9. The molecule has 2 rings (SSSR count). The van der Waals surface area contributed by atoms with Crippen LogP contribution >= 0.6 is 0 Å². The number of aromatic nitrogens is 1. The molecule has 0 aliphatic heterocycles. The van der Waals surface area contributed by atoms with Gasteiger partial charge < -0.3 is 9.84 Å². The van der Waals surface area contributed by atoms with Crippen molar-refractivity contribution in [2.45, 2.75) is 26.2 Å². The van der Waals surface area contributed by atoms with E-state index >= 15 is 0 Å². The van der Waals surface area contributed by atoms with Gasteiger partial charge >= 0.3 is 5.97 Å². The number of fused-ring (bicyclic) bond motifs is 1. The first-order valence-corrected chi connectivity index (χ1v) is 6.48. The van der Waals surface area contributed by atoms with Crippen LogP contribution in [0.3, 0.4) is 0 Å². The van der Waals surface area contributed by atoms with Gasteiger partial charge in [-0.15, -0.1) is 0 Å². The molecule has 1 heterocycles. The average molecular weight is 259 g/mol. The van der Waals surface area contributed by atoms with Gasteiger partial charge in [-0.2, -0.15) is 0 Å². The second-order valence-electron chi connectivity index (χ2n) is 4.38. The van der Waals surface area contributed by atoms with Crippen LogP contribution in [0.15, 0.2) is 30.5 Å². The van der Waals surface area contributed by atoms with Crippen LogP contribution in [0.2, 0.25) is 0 Å². The molecule has 0 atom stereocenters. The largest absolute Gasteiger partial charge is 0.478 e. The monoisotopic (exact) mass is 259 g/mol. The molecule has 1 aromatic carbocycles. The number of rotatable bonds is 6. The van der Waals surface area contributed by atoms with Crippen molar-refractivity contribution in [2.75, 3.05) is 6.61 Å². The third-order valence-corrected chi connectivity index (χ3v) is 2.98. The second kappa shape index (κ2) is 6.18. The van der Waals surface area contributed by atoms with Gasteiger partial charge in [0.2, 0.25) is 5.88 Å². The highest BCUT2D eigenvalue weighted by molar-refractivity contribution is 6.04. The molecule has 1 aromatic heterocycles. The fourth-order valence-corrected chi connectivity index (χ4v) is 1.97. The van der Waals surface area contributed by atoms with Gasteiger partial charge in [-0.05, 0) is 12.5 Å². The summed E-state index contributed by atoms with van der Waals surface area (Å²) in [5.74, 6) is -0.460. The Kier molecular flexibility index (Phi) is 4.34. The van der Waals surface area contributed by atoms with Crippen LogP contribution in [0.25, 0.3) is 10.8 Å². The van der Waals surface area contributed by atoms with Crippen LogP contribution in [-0.4, -0.2) is 22.7 Å². The molecule has 0 spiro atoms. The molecule has 1 N–H and O–H groups in total. The molecule has 0 saturated carbocycles. The number of ether oxygens (including phenoxy) is 1. The molecular formula is C15H17NO3. The Labute approximate surface area is 112 Å². The maximum atomic E-state index is 11.1. The summed E-state index contributed by atoms with van der Waals surface area (Å²) >= 11 is 0. The van der Waals surface area contributed by atoms with E-state index in [1.165, 1.54) is 6.20 Å². The lowest BCUT2D eigenvalue weighted by Crippen LogP contribution is -2.03. The minimum atomic E-state index is -0.971. The second-order valence-corrected chi connectivity index (χ2v) is 4.38. The Hall–Kier alpha value is -2.10. The number of aromatic carboxylic acids is 1.